The summed E-state index contributed by atoms with van der Waals surface area (Å²) in [6.45, 7) is 11.5. The first-order valence-corrected chi connectivity index (χ1v) is 7.84. The van der Waals surface area contributed by atoms with Crippen molar-refractivity contribution in [2.24, 2.45) is 5.73 Å². The molecule has 0 amide bonds. The number of fused-ring (bicyclic) bond motifs is 1. The van der Waals surface area contributed by atoms with E-state index in [1.54, 1.807) is 0 Å². The van der Waals surface area contributed by atoms with Gasteiger partial charge in [-0.15, -0.1) is 0 Å². The lowest BCUT2D eigenvalue weighted by atomic mass is 9.80. The predicted molar refractivity (Wildman–Crippen MR) is 77.7 cm³/mol. The molecule has 0 bridgehead atoms. The van der Waals surface area contributed by atoms with Crippen LogP contribution >= 0.6 is 0 Å². The summed E-state index contributed by atoms with van der Waals surface area (Å²) in [4.78, 5) is 5.39. The van der Waals surface area contributed by atoms with E-state index >= 15 is 0 Å². The van der Waals surface area contributed by atoms with E-state index in [0.29, 0.717) is 6.04 Å². The van der Waals surface area contributed by atoms with Crippen molar-refractivity contribution in [2.75, 3.05) is 26.2 Å². The first-order valence-electron chi connectivity index (χ1n) is 7.84. The maximum atomic E-state index is 6.23. The average Bonchev–Trinajstić information content (AvgIpc) is 2.82. The molecule has 2 heterocycles. The number of nitrogens with zero attached hydrogens (tertiary/aromatic N) is 2. The first kappa shape index (κ1) is 14.3. The molecule has 3 nitrogen and oxygen atoms in total. The average molecular weight is 253 g/mol. The van der Waals surface area contributed by atoms with Crippen molar-refractivity contribution in [1.29, 1.82) is 0 Å². The lowest BCUT2D eigenvalue weighted by Gasteiger charge is -2.52. The van der Waals surface area contributed by atoms with Crippen LogP contribution in [0.1, 0.15) is 52.9 Å². The van der Waals surface area contributed by atoms with E-state index in [2.05, 4.69) is 30.6 Å². The summed E-state index contributed by atoms with van der Waals surface area (Å²) in [5.41, 5.74) is 6.50. The van der Waals surface area contributed by atoms with Gasteiger partial charge in [-0.2, -0.15) is 0 Å². The van der Waals surface area contributed by atoms with Gasteiger partial charge in [0.2, 0.25) is 0 Å². The van der Waals surface area contributed by atoms with Gasteiger partial charge in [-0.1, -0.05) is 6.92 Å². The predicted octanol–water partition coefficient (Wildman–Crippen LogP) is 2.06. The van der Waals surface area contributed by atoms with Crippen molar-refractivity contribution in [3.05, 3.63) is 0 Å². The highest BCUT2D eigenvalue weighted by Gasteiger charge is 2.44. The number of hydrogen-bond acceptors (Lipinski definition) is 3. The fourth-order valence-electron chi connectivity index (χ4n) is 4.16. The number of nitrogens with two attached hydrogens (primary N) is 1. The molecule has 3 heteroatoms. The molecule has 106 valence electrons. The zero-order valence-corrected chi connectivity index (χ0v) is 12.5. The second kappa shape index (κ2) is 5.89. The standard InChI is InChI=1S/C15H31N3/c1-4-8-18(13(2)3)15(12-16)7-10-17-9-5-6-14(17)11-15/h13-14H,4-12,16H2,1-3H3. The van der Waals surface area contributed by atoms with Crippen molar-refractivity contribution < 1.29 is 0 Å². The van der Waals surface area contributed by atoms with Gasteiger partial charge in [0.15, 0.2) is 0 Å². The Bertz CT molecular complexity index is 266. The fourth-order valence-corrected chi connectivity index (χ4v) is 4.16. The topological polar surface area (TPSA) is 32.5 Å². The molecule has 0 aromatic carbocycles. The Labute approximate surface area is 113 Å². The molecule has 2 rings (SSSR count). The zero-order valence-electron chi connectivity index (χ0n) is 12.5. The second-order valence-electron chi connectivity index (χ2n) is 6.50. The molecule has 2 atom stereocenters. The maximum Gasteiger partial charge on any atom is 0.0361 e. The third-order valence-corrected chi connectivity index (χ3v) is 5.06. The lowest BCUT2D eigenvalue weighted by Crippen LogP contribution is -2.62. The van der Waals surface area contributed by atoms with E-state index in [9.17, 15) is 0 Å². The molecule has 2 saturated heterocycles. The minimum absolute atomic E-state index is 0.273. The third kappa shape index (κ3) is 2.59. The van der Waals surface area contributed by atoms with E-state index < -0.39 is 0 Å². The smallest absolute Gasteiger partial charge is 0.0361 e. The van der Waals surface area contributed by atoms with Crippen LogP contribution in [0.2, 0.25) is 0 Å². The van der Waals surface area contributed by atoms with Gasteiger partial charge < -0.3 is 10.6 Å². The number of rotatable bonds is 5. The molecule has 2 unspecified atom stereocenters. The molecular weight excluding hydrogens is 222 g/mol. The summed E-state index contributed by atoms with van der Waals surface area (Å²) in [7, 11) is 0. The summed E-state index contributed by atoms with van der Waals surface area (Å²) in [6, 6.07) is 1.42. The molecule has 0 aromatic heterocycles. The van der Waals surface area contributed by atoms with Crippen LogP contribution in [0, 0.1) is 0 Å². The minimum Gasteiger partial charge on any atom is -0.329 e. The van der Waals surface area contributed by atoms with Crippen molar-refractivity contribution in [3.63, 3.8) is 0 Å². The maximum absolute atomic E-state index is 6.23. The quantitative estimate of drug-likeness (QED) is 0.814. The van der Waals surface area contributed by atoms with E-state index in [1.807, 2.05) is 0 Å². The van der Waals surface area contributed by atoms with Crippen LogP contribution in [0.25, 0.3) is 0 Å². The first-order chi connectivity index (χ1) is 8.63. The minimum atomic E-state index is 0.273. The van der Waals surface area contributed by atoms with Gasteiger partial charge in [0.05, 0.1) is 0 Å². The largest absolute Gasteiger partial charge is 0.329 e. The second-order valence-corrected chi connectivity index (χ2v) is 6.50. The Hall–Kier alpha value is -0.120. The van der Waals surface area contributed by atoms with Crippen LogP contribution in [0.5, 0.6) is 0 Å². The third-order valence-electron chi connectivity index (χ3n) is 5.06. The van der Waals surface area contributed by atoms with Gasteiger partial charge in [0, 0.05) is 30.7 Å². The molecule has 18 heavy (non-hydrogen) atoms. The zero-order chi connectivity index (χ0) is 13.2. The van der Waals surface area contributed by atoms with Gasteiger partial charge in [0.25, 0.3) is 0 Å². The van der Waals surface area contributed by atoms with E-state index in [0.717, 1.165) is 12.6 Å². The molecule has 0 spiro atoms. The van der Waals surface area contributed by atoms with Crippen LogP contribution in [0.4, 0.5) is 0 Å². The molecule has 2 aliphatic heterocycles. The Morgan fingerprint density at radius 3 is 2.78 bits per heavy atom. The Morgan fingerprint density at radius 1 is 1.39 bits per heavy atom. The summed E-state index contributed by atoms with van der Waals surface area (Å²) < 4.78 is 0. The molecule has 0 saturated carbocycles. The summed E-state index contributed by atoms with van der Waals surface area (Å²) in [5.74, 6) is 0. The SMILES string of the molecule is CCCN(C(C)C)C1(CN)CCN2CCCC2C1. The van der Waals surface area contributed by atoms with E-state index in [-0.39, 0.29) is 5.54 Å². The normalized spacial score (nSPS) is 33.3. The fraction of sp³-hybridized carbons (Fsp3) is 1.00. The summed E-state index contributed by atoms with van der Waals surface area (Å²) in [5, 5.41) is 0. The van der Waals surface area contributed by atoms with Crippen molar-refractivity contribution in [3.8, 4) is 0 Å². The van der Waals surface area contributed by atoms with Gasteiger partial charge >= 0.3 is 0 Å². The molecule has 2 fully saturated rings. The molecule has 0 aromatic rings. The Morgan fingerprint density at radius 2 is 2.17 bits per heavy atom. The van der Waals surface area contributed by atoms with Gasteiger partial charge in [-0.25, -0.2) is 0 Å². The number of hydrogen-bond donors (Lipinski definition) is 1. The summed E-state index contributed by atoms with van der Waals surface area (Å²) >= 11 is 0. The van der Waals surface area contributed by atoms with Crippen LogP contribution in [0.15, 0.2) is 0 Å². The van der Waals surface area contributed by atoms with Crippen LogP contribution < -0.4 is 5.73 Å². The highest BCUT2D eigenvalue weighted by Crippen LogP contribution is 2.37. The highest BCUT2D eigenvalue weighted by atomic mass is 15.3. The molecule has 0 aliphatic carbocycles. The molecule has 2 aliphatic rings. The highest BCUT2D eigenvalue weighted by molar-refractivity contribution is 5.02. The van der Waals surface area contributed by atoms with Crippen LogP contribution in [-0.2, 0) is 0 Å². The molecule has 2 N–H and O–H groups in total. The Kier molecular flexibility index (Phi) is 4.68. The monoisotopic (exact) mass is 253 g/mol. The van der Waals surface area contributed by atoms with Crippen LogP contribution in [-0.4, -0.2) is 53.6 Å². The summed E-state index contributed by atoms with van der Waals surface area (Å²) in [6.07, 6.45) is 6.56. The van der Waals surface area contributed by atoms with Crippen molar-refractivity contribution >= 4 is 0 Å². The van der Waals surface area contributed by atoms with Gasteiger partial charge in [-0.3, -0.25) is 4.90 Å². The Balaban J connectivity index is 2.13. The van der Waals surface area contributed by atoms with Gasteiger partial charge in [-0.05, 0) is 59.0 Å². The van der Waals surface area contributed by atoms with Gasteiger partial charge in [0.1, 0.15) is 0 Å². The number of piperidine rings is 1. The van der Waals surface area contributed by atoms with Crippen molar-refractivity contribution in [1.82, 2.24) is 9.80 Å². The molecule has 0 radical (unpaired) electrons. The van der Waals surface area contributed by atoms with E-state index in [4.69, 9.17) is 5.73 Å². The van der Waals surface area contributed by atoms with Crippen LogP contribution in [0.3, 0.4) is 0 Å². The lowest BCUT2D eigenvalue weighted by molar-refractivity contribution is -0.00851. The van der Waals surface area contributed by atoms with Crippen molar-refractivity contribution in [2.45, 2.75) is 70.5 Å². The molecular formula is C15H31N3. The van der Waals surface area contributed by atoms with E-state index in [1.165, 1.54) is 51.7 Å².